The average molecular weight is 476 g/mol. The lowest BCUT2D eigenvalue weighted by atomic mass is 9.82. The number of benzene rings is 3. The van der Waals surface area contributed by atoms with Crippen LogP contribution in [0.1, 0.15) is 57.8 Å². The van der Waals surface area contributed by atoms with Gasteiger partial charge in [-0.05, 0) is 53.3 Å². The fourth-order valence-corrected chi connectivity index (χ4v) is 4.26. The number of ketones is 1. The van der Waals surface area contributed by atoms with Crippen molar-refractivity contribution < 1.29 is 19.1 Å². The maximum absolute atomic E-state index is 12.9. The molecule has 0 aliphatic carbocycles. The van der Waals surface area contributed by atoms with Crippen LogP contribution in [0.2, 0.25) is 5.02 Å². The van der Waals surface area contributed by atoms with Crippen LogP contribution < -0.4 is 4.74 Å². The van der Waals surface area contributed by atoms with E-state index in [0.29, 0.717) is 40.3 Å². The van der Waals surface area contributed by atoms with Gasteiger partial charge in [0.05, 0.1) is 18.2 Å². The lowest BCUT2D eigenvalue weighted by Gasteiger charge is -2.26. The first kappa shape index (κ1) is 23.7. The number of hydrogen-bond acceptors (Lipinski definition) is 4. The third-order valence-corrected chi connectivity index (χ3v) is 6.47. The van der Waals surface area contributed by atoms with E-state index in [0.717, 1.165) is 11.1 Å². The van der Waals surface area contributed by atoms with Gasteiger partial charge in [-0.15, -0.1) is 0 Å². The Morgan fingerprint density at radius 1 is 0.882 bits per heavy atom. The number of amides is 2. The molecule has 1 heterocycles. The molecule has 0 N–H and O–H groups in total. The van der Waals surface area contributed by atoms with Crippen LogP contribution in [0.25, 0.3) is 11.1 Å². The summed E-state index contributed by atoms with van der Waals surface area (Å²) in [4.78, 5) is 39.7. The van der Waals surface area contributed by atoms with Gasteiger partial charge in [-0.25, -0.2) is 0 Å². The normalized spacial score (nSPS) is 13.2. The quantitative estimate of drug-likeness (QED) is 0.283. The van der Waals surface area contributed by atoms with E-state index in [1.165, 1.54) is 12.0 Å². The molecule has 1 aliphatic rings. The van der Waals surface area contributed by atoms with Gasteiger partial charge in [-0.1, -0.05) is 61.8 Å². The van der Waals surface area contributed by atoms with Crippen LogP contribution in [-0.2, 0) is 0 Å². The van der Waals surface area contributed by atoms with E-state index in [1.807, 2.05) is 62.4 Å². The molecule has 0 aromatic heterocycles. The van der Waals surface area contributed by atoms with Crippen molar-refractivity contribution >= 4 is 29.2 Å². The number of carbonyl (C=O) groups is 3. The number of ether oxygens (including phenoxy) is 1. The second-order valence-electron chi connectivity index (χ2n) is 9.27. The minimum Gasteiger partial charge on any atom is -0.497 e. The van der Waals surface area contributed by atoms with Gasteiger partial charge < -0.3 is 4.74 Å². The Kier molecular flexibility index (Phi) is 6.58. The maximum Gasteiger partial charge on any atom is 0.261 e. The molecular formula is C28H26ClNO4. The molecule has 0 unspecified atom stereocenters. The molecule has 5 nitrogen and oxygen atoms in total. The van der Waals surface area contributed by atoms with Gasteiger partial charge in [0.15, 0.2) is 5.78 Å². The molecular weight excluding hydrogens is 450 g/mol. The number of imide groups is 1. The molecule has 1 aliphatic heterocycles. The van der Waals surface area contributed by atoms with Crippen molar-refractivity contribution in [3.05, 3.63) is 88.4 Å². The third kappa shape index (κ3) is 4.90. The van der Waals surface area contributed by atoms with Crippen LogP contribution in [0.15, 0.2) is 66.7 Å². The number of hydrogen-bond donors (Lipinski definition) is 0. The fourth-order valence-electron chi connectivity index (χ4n) is 4.13. The number of Topliss-reactive ketones (excluding diaryl/α,β-unsaturated/α-hetero) is 1. The summed E-state index contributed by atoms with van der Waals surface area (Å²) in [6.07, 6.45) is 0.828. The standard InChI is InChI=1S/C28H26ClNO4/c1-28(2,14-15-30-26(32)23-13-12-22(34-3)16-24(23)27(30)33)17-25(31)20-6-4-18(5-7-20)19-8-10-21(29)11-9-19/h4-13,16H,14-15,17H2,1-3H3. The second kappa shape index (κ2) is 9.43. The molecule has 34 heavy (non-hydrogen) atoms. The summed E-state index contributed by atoms with van der Waals surface area (Å²) in [6.45, 7) is 4.22. The summed E-state index contributed by atoms with van der Waals surface area (Å²) < 4.78 is 5.17. The number of carbonyl (C=O) groups excluding carboxylic acids is 3. The average Bonchev–Trinajstić information content (AvgIpc) is 3.07. The zero-order valence-electron chi connectivity index (χ0n) is 19.4. The van der Waals surface area contributed by atoms with E-state index in [-0.39, 0.29) is 29.6 Å². The predicted octanol–water partition coefficient (Wildman–Crippen LogP) is 6.30. The largest absolute Gasteiger partial charge is 0.497 e. The van der Waals surface area contributed by atoms with Gasteiger partial charge in [0.25, 0.3) is 11.8 Å². The molecule has 0 saturated carbocycles. The Labute approximate surface area is 204 Å². The van der Waals surface area contributed by atoms with Gasteiger partial charge in [0.1, 0.15) is 5.75 Å². The minimum atomic E-state index is -0.390. The van der Waals surface area contributed by atoms with Gasteiger partial charge in [-0.2, -0.15) is 0 Å². The summed E-state index contributed by atoms with van der Waals surface area (Å²) in [6, 6.07) is 20.0. The fraction of sp³-hybridized carbons (Fsp3) is 0.250. The van der Waals surface area contributed by atoms with Gasteiger partial charge in [-0.3, -0.25) is 19.3 Å². The molecule has 0 atom stereocenters. The molecule has 2 amide bonds. The number of nitrogens with zero attached hydrogens (tertiary/aromatic N) is 1. The highest BCUT2D eigenvalue weighted by Crippen LogP contribution is 2.32. The van der Waals surface area contributed by atoms with Crippen LogP contribution in [-0.4, -0.2) is 36.2 Å². The van der Waals surface area contributed by atoms with E-state index in [9.17, 15) is 14.4 Å². The summed E-state index contributed by atoms with van der Waals surface area (Å²) in [5.41, 5.74) is 3.04. The zero-order valence-corrected chi connectivity index (χ0v) is 20.2. The molecule has 3 aromatic rings. The lowest BCUT2D eigenvalue weighted by Crippen LogP contribution is -2.33. The van der Waals surface area contributed by atoms with Crippen molar-refractivity contribution in [1.29, 1.82) is 0 Å². The molecule has 4 rings (SSSR count). The van der Waals surface area contributed by atoms with Crippen molar-refractivity contribution in [3.63, 3.8) is 0 Å². The van der Waals surface area contributed by atoms with E-state index in [2.05, 4.69) is 0 Å². The van der Waals surface area contributed by atoms with E-state index >= 15 is 0 Å². The summed E-state index contributed by atoms with van der Waals surface area (Å²) >= 11 is 5.96. The van der Waals surface area contributed by atoms with E-state index in [4.69, 9.17) is 16.3 Å². The summed E-state index contributed by atoms with van der Waals surface area (Å²) in [5, 5.41) is 0.679. The van der Waals surface area contributed by atoms with Crippen molar-refractivity contribution in [1.82, 2.24) is 4.90 Å². The monoisotopic (exact) mass is 475 g/mol. The topological polar surface area (TPSA) is 63.7 Å². The lowest BCUT2D eigenvalue weighted by molar-refractivity contribution is 0.0633. The van der Waals surface area contributed by atoms with Crippen LogP contribution in [0.4, 0.5) is 0 Å². The molecule has 174 valence electrons. The Hall–Kier alpha value is -3.44. The van der Waals surface area contributed by atoms with Crippen LogP contribution >= 0.6 is 11.6 Å². The Morgan fingerprint density at radius 3 is 2.09 bits per heavy atom. The smallest absolute Gasteiger partial charge is 0.261 e. The molecule has 0 radical (unpaired) electrons. The summed E-state index contributed by atoms with van der Waals surface area (Å²) in [5.74, 6) is -0.0594. The van der Waals surface area contributed by atoms with Crippen molar-refractivity contribution in [2.75, 3.05) is 13.7 Å². The molecule has 0 fully saturated rings. The number of halogens is 1. The van der Waals surface area contributed by atoms with Gasteiger partial charge in [0, 0.05) is 23.6 Å². The van der Waals surface area contributed by atoms with Gasteiger partial charge >= 0.3 is 0 Å². The highest BCUT2D eigenvalue weighted by molar-refractivity contribution is 6.30. The predicted molar refractivity (Wildman–Crippen MR) is 133 cm³/mol. The zero-order chi connectivity index (χ0) is 24.5. The Bertz CT molecular complexity index is 1250. The first-order valence-corrected chi connectivity index (χ1v) is 11.5. The first-order valence-electron chi connectivity index (χ1n) is 11.1. The number of methoxy groups -OCH3 is 1. The Morgan fingerprint density at radius 2 is 1.47 bits per heavy atom. The molecule has 3 aromatic carbocycles. The van der Waals surface area contributed by atoms with Crippen molar-refractivity contribution in [3.8, 4) is 16.9 Å². The number of rotatable bonds is 8. The molecule has 0 saturated heterocycles. The van der Waals surface area contributed by atoms with E-state index < -0.39 is 0 Å². The van der Waals surface area contributed by atoms with Crippen LogP contribution in [0, 0.1) is 5.41 Å². The van der Waals surface area contributed by atoms with Crippen molar-refractivity contribution in [2.24, 2.45) is 5.41 Å². The Balaban J connectivity index is 1.38. The highest BCUT2D eigenvalue weighted by Gasteiger charge is 2.36. The first-order chi connectivity index (χ1) is 16.2. The van der Waals surface area contributed by atoms with Gasteiger partial charge in [0.2, 0.25) is 0 Å². The maximum atomic E-state index is 12.9. The van der Waals surface area contributed by atoms with Crippen molar-refractivity contribution in [2.45, 2.75) is 26.7 Å². The van der Waals surface area contributed by atoms with Crippen LogP contribution in [0.3, 0.4) is 0 Å². The molecule has 0 spiro atoms. The minimum absolute atomic E-state index is 0.0275. The SMILES string of the molecule is COc1ccc2c(c1)C(=O)N(CCC(C)(C)CC(=O)c1ccc(-c3ccc(Cl)cc3)cc1)C2=O. The molecule has 6 heteroatoms. The molecule has 0 bridgehead atoms. The third-order valence-electron chi connectivity index (χ3n) is 6.21. The van der Waals surface area contributed by atoms with Crippen LogP contribution in [0.5, 0.6) is 5.75 Å². The highest BCUT2D eigenvalue weighted by atomic mass is 35.5. The van der Waals surface area contributed by atoms with E-state index in [1.54, 1.807) is 18.2 Å². The summed E-state index contributed by atoms with van der Waals surface area (Å²) in [7, 11) is 1.52. The second-order valence-corrected chi connectivity index (χ2v) is 9.71. The number of fused-ring (bicyclic) bond motifs is 1.